The van der Waals surface area contributed by atoms with Crippen LogP contribution in [0.3, 0.4) is 0 Å². The van der Waals surface area contributed by atoms with Gasteiger partial charge in [-0.1, -0.05) is 18.2 Å². The van der Waals surface area contributed by atoms with Crippen molar-refractivity contribution in [2.24, 2.45) is 0 Å². The Labute approximate surface area is 98.5 Å². The van der Waals surface area contributed by atoms with Crippen molar-refractivity contribution in [3.8, 4) is 0 Å². The van der Waals surface area contributed by atoms with Crippen LogP contribution in [-0.2, 0) is 21.1 Å². The van der Waals surface area contributed by atoms with Crippen LogP contribution in [0.1, 0.15) is 6.92 Å². The molecule has 3 nitrogen and oxygen atoms in total. The van der Waals surface area contributed by atoms with Gasteiger partial charge in [-0.15, -0.1) is 0 Å². The number of carbonyl (C=O) groups excluding carboxylic acids is 1. The molecule has 1 amide bonds. The van der Waals surface area contributed by atoms with Crippen molar-refractivity contribution in [2.45, 2.75) is 11.8 Å². The zero-order valence-corrected chi connectivity index (χ0v) is 10.8. The highest BCUT2D eigenvalue weighted by molar-refractivity contribution is 8.68. The number of hydrogen-bond donors (Lipinski definition) is 1. The molecule has 15 heavy (non-hydrogen) atoms. The van der Waals surface area contributed by atoms with Crippen molar-refractivity contribution in [3.63, 3.8) is 0 Å². The van der Waals surface area contributed by atoms with E-state index in [0.717, 1.165) is 4.90 Å². The summed E-state index contributed by atoms with van der Waals surface area (Å²) in [5.74, 6) is 0. The monoisotopic (exact) mass is 261 g/mol. The summed E-state index contributed by atoms with van der Waals surface area (Å²) in [6, 6.07) is 9.67. The van der Waals surface area contributed by atoms with Gasteiger partial charge in [-0.3, -0.25) is 4.79 Å². The number of hydrogen-bond acceptors (Lipinski definition) is 4. The van der Waals surface area contributed by atoms with Gasteiger partial charge in [0.25, 0.3) is 0 Å². The molecule has 1 atom stereocenters. The van der Waals surface area contributed by atoms with Crippen molar-refractivity contribution in [3.05, 3.63) is 30.3 Å². The minimum absolute atomic E-state index is 0.498. The first-order chi connectivity index (χ1) is 7.20. The lowest BCUT2D eigenvalue weighted by Crippen LogP contribution is -2.07. The number of benzene rings is 1. The van der Waals surface area contributed by atoms with Crippen LogP contribution >= 0.6 is 17.0 Å². The first kappa shape index (κ1) is 12.7. The average molecular weight is 261 g/mol. The Kier molecular flexibility index (Phi) is 5.32. The van der Waals surface area contributed by atoms with Crippen LogP contribution in [0, 0.1) is 0 Å². The molecule has 1 unspecified atom stereocenters. The maximum Gasteiger partial charge on any atom is 0.217 e. The minimum atomic E-state index is -2.31. The fourth-order valence-electron chi connectivity index (χ4n) is 0.945. The molecule has 0 radical (unpaired) electrons. The summed E-state index contributed by atoms with van der Waals surface area (Å²) in [5, 5.41) is 2.59. The number of nitrogens with one attached hydrogen (secondary N) is 1. The molecule has 0 saturated heterocycles. The van der Waals surface area contributed by atoms with Gasteiger partial charge in [0.1, 0.15) is 0 Å². The Morgan fingerprint density at radius 3 is 2.73 bits per heavy atom. The SMILES string of the molecule is CCOP(=S)(NC=O)Sc1ccccc1. The van der Waals surface area contributed by atoms with Crippen LogP contribution in [0.4, 0.5) is 0 Å². The first-order valence-electron chi connectivity index (χ1n) is 4.41. The van der Waals surface area contributed by atoms with E-state index in [9.17, 15) is 4.79 Å². The molecule has 0 aliphatic heterocycles. The Morgan fingerprint density at radius 2 is 2.20 bits per heavy atom. The van der Waals surface area contributed by atoms with Crippen LogP contribution in [0.5, 0.6) is 0 Å². The highest BCUT2D eigenvalue weighted by atomic mass is 32.9. The van der Waals surface area contributed by atoms with Gasteiger partial charge in [-0.2, -0.15) is 0 Å². The van der Waals surface area contributed by atoms with Crippen molar-refractivity contribution < 1.29 is 9.32 Å². The molecule has 1 aromatic carbocycles. The molecule has 0 aliphatic carbocycles. The van der Waals surface area contributed by atoms with Gasteiger partial charge in [0.15, 0.2) is 0 Å². The third-order valence-corrected chi connectivity index (χ3v) is 6.51. The second-order valence-electron chi connectivity index (χ2n) is 2.57. The van der Waals surface area contributed by atoms with Crippen molar-refractivity contribution in [1.29, 1.82) is 0 Å². The molecule has 1 N–H and O–H groups in total. The van der Waals surface area contributed by atoms with Crippen LogP contribution < -0.4 is 5.09 Å². The molecule has 0 aliphatic rings. The van der Waals surface area contributed by atoms with E-state index >= 15 is 0 Å². The van der Waals surface area contributed by atoms with Gasteiger partial charge in [0, 0.05) is 4.90 Å². The van der Waals surface area contributed by atoms with Crippen LogP contribution in [0.15, 0.2) is 35.2 Å². The van der Waals surface area contributed by atoms with Gasteiger partial charge in [-0.05, 0) is 42.2 Å². The Bertz CT molecular complexity index is 358. The van der Waals surface area contributed by atoms with E-state index in [-0.39, 0.29) is 0 Å². The first-order valence-corrected chi connectivity index (χ1v) is 8.55. The van der Waals surface area contributed by atoms with Gasteiger partial charge in [0.2, 0.25) is 12.0 Å². The lowest BCUT2D eigenvalue weighted by Gasteiger charge is -2.19. The molecule has 0 heterocycles. The highest BCUT2D eigenvalue weighted by Crippen LogP contribution is 2.59. The van der Waals surface area contributed by atoms with E-state index in [2.05, 4.69) is 5.09 Å². The summed E-state index contributed by atoms with van der Waals surface area (Å²) in [7, 11) is 0. The van der Waals surface area contributed by atoms with E-state index in [1.807, 2.05) is 37.3 Å². The number of carbonyl (C=O) groups is 1. The summed E-state index contributed by atoms with van der Waals surface area (Å²) in [4.78, 5) is 11.4. The summed E-state index contributed by atoms with van der Waals surface area (Å²) in [6.45, 7) is 2.36. The van der Waals surface area contributed by atoms with Crippen molar-refractivity contribution in [2.75, 3.05) is 6.61 Å². The predicted octanol–water partition coefficient (Wildman–Crippen LogP) is 2.79. The lowest BCUT2D eigenvalue weighted by atomic mass is 10.4. The molecular formula is C9H12NO2PS2. The zero-order valence-electron chi connectivity index (χ0n) is 8.25. The predicted molar refractivity (Wildman–Crippen MR) is 67.4 cm³/mol. The number of rotatable bonds is 6. The van der Waals surface area contributed by atoms with E-state index in [1.165, 1.54) is 11.4 Å². The van der Waals surface area contributed by atoms with E-state index in [4.69, 9.17) is 16.3 Å². The molecule has 0 aromatic heterocycles. The van der Waals surface area contributed by atoms with Gasteiger partial charge < -0.3 is 9.61 Å². The number of amides is 1. The second kappa shape index (κ2) is 6.28. The van der Waals surface area contributed by atoms with Crippen LogP contribution in [-0.4, -0.2) is 13.0 Å². The molecule has 82 valence electrons. The maximum atomic E-state index is 10.4. The topological polar surface area (TPSA) is 38.3 Å². The van der Waals surface area contributed by atoms with E-state index in [1.54, 1.807) is 0 Å². The average Bonchev–Trinajstić information content (AvgIpc) is 2.19. The summed E-state index contributed by atoms with van der Waals surface area (Å²) in [5.41, 5.74) is -2.31. The third kappa shape index (κ3) is 4.34. The molecule has 6 heteroatoms. The molecule has 0 bridgehead atoms. The van der Waals surface area contributed by atoms with Gasteiger partial charge in [0.05, 0.1) is 6.61 Å². The zero-order chi connectivity index (χ0) is 11.1. The minimum Gasteiger partial charge on any atom is -0.327 e. The largest absolute Gasteiger partial charge is 0.327 e. The highest BCUT2D eigenvalue weighted by Gasteiger charge is 2.17. The molecule has 1 aromatic rings. The molecule has 1 rings (SSSR count). The Balaban J connectivity index is 2.75. The van der Waals surface area contributed by atoms with E-state index in [0.29, 0.717) is 13.0 Å². The Morgan fingerprint density at radius 1 is 1.53 bits per heavy atom. The Hall–Kier alpha value is -0.350. The summed E-state index contributed by atoms with van der Waals surface area (Å²) in [6.07, 6.45) is 0.604. The lowest BCUT2D eigenvalue weighted by molar-refractivity contribution is -0.108. The third-order valence-electron chi connectivity index (χ3n) is 1.48. The second-order valence-corrected chi connectivity index (χ2v) is 9.06. The van der Waals surface area contributed by atoms with Crippen molar-refractivity contribution >= 4 is 35.2 Å². The molecule has 0 spiro atoms. The normalized spacial score (nSPS) is 14.2. The van der Waals surface area contributed by atoms with Gasteiger partial charge in [-0.25, -0.2) is 0 Å². The van der Waals surface area contributed by atoms with Crippen molar-refractivity contribution in [1.82, 2.24) is 5.09 Å². The van der Waals surface area contributed by atoms with Gasteiger partial charge >= 0.3 is 0 Å². The molecule has 0 saturated carbocycles. The smallest absolute Gasteiger partial charge is 0.217 e. The van der Waals surface area contributed by atoms with E-state index < -0.39 is 5.62 Å². The molecular weight excluding hydrogens is 249 g/mol. The van der Waals surface area contributed by atoms with Crippen LogP contribution in [0.25, 0.3) is 0 Å². The summed E-state index contributed by atoms with van der Waals surface area (Å²) < 4.78 is 5.42. The quantitative estimate of drug-likeness (QED) is 0.631. The maximum absolute atomic E-state index is 10.4. The standard InChI is InChI=1S/C9H12NO2PS2/c1-2-12-13(14,10-8-11)15-9-6-4-3-5-7-9/h3-8H,2H2,1H3,(H,10,11,14). The fourth-order valence-corrected chi connectivity index (χ4v) is 5.33. The fraction of sp³-hybridized carbons (Fsp3) is 0.222. The summed E-state index contributed by atoms with van der Waals surface area (Å²) >= 11 is 6.69. The van der Waals surface area contributed by atoms with Crippen LogP contribution in [0.2, 0.25) is 0 Å². The molecule has 0 fully saturated rings.